The molecule has 0 fully saturated rings. The van der Waals surface area contributed by atoms with Crippen LogP contribution < -0.4 is 21.1 Å². The molecule has 0 atom stereocenters. The zero-order valence-electron chi connectivity index (χ0n) is 29.3. The summed E-state index contributed by atoms with van der Waals surface area (Å²) >= 11 is 0. The first-order valence-corrected chi connectivity index (χ1v) is 18.1. The van der Waals surface area contributed by atoms with Crippen LogP contribution in [0.2, 0.25) is 0 Å². The van der Waals surface area contributed by atoms with E-state index in [0.29, 0.717) is 0 Å². The van der Waals surface area contributed by atoms with Gasteiger partial charge in [-0.25, -0.2) is 0 Å². The largest absolute Gasteiger partial charge is 0.355 e. The average molecular weight is 664 g/mol. The van der Waals surface area contributed by atoms with Crippen LogP contribution in [-0.4, -0.2) is 7.28 Å². The first kappa shape index (κ1) is 30.5. The standard InChI is InChI=1S/C49H36BN2/c1-49(2)41-20-11-12-23-45(41)52-46-31-37(33-16-7-4-8-17-33)29-40(47(46)50-43-22-13-21-42(49)48(43)52)39-28-35-18-9-10-19-36(35)30-44(39)51-38-26-24-34(25-27-38)32-14-5-3-6-15-32/h3-31,51H,1-2H3. The molecule has 0 aromatic heterocycles. The van der Waals surface area contributed by atoms with Crippen molar-refractivity contribution in [3.05, 3.63) is 187 Å². The Morgan fingerprint density at radius 3 is 1.85 bits per heavy atom. The Balaban J connectivity index is 1.21. The van der Waals surface area contributed by atoms with E-state index in [4.69, 9.17) is 0 Å². The fraction of sp³-hybridized carbons (Fsp3) is 0.0612. The van der Waals surface area contributed by atoms with Gasteiger partial charge in [-0.2, -0.15) is 0 Å². The van der Waals surface area contributed by atoms with Crippen molar-refractivity contribution in [2.75, 3.05) is 10.2 Å². The second-order valence-electron chi connectivity index (χ2n) is 14.5. The molecule has 52 heavy (non-hydrogen) atoms. The maximum atomic E-state index is 3.87. The lowest BCUT2D eigenvalue weighted by molar-refractivity contribution is 0.632. The Labute approximate surface area is 306 Å². The Kier molecular flexibility index (Phi) is 6.98. The molecule has 8 aromatic rings. The van der Waals surface area contributed by atoms with Crippen molar-refractivity contribution in [1.82, 2.24) is 0 Å². The minimum atomic E-state index is -0.130. The molecule has 2 aliphatic heterocycles. The molecule has 2 nitrogen and oxygen atoms in total. The monoisotopic (exact) mass is 663 g/mol. The Bertz CT molecular complexity index is 2640. The molecule has 0 saturated heterocycles. The Morgan fingerprint density at radius 2 is 1.10 bits per heavy atom. The molecule has 2 aliphatic rings. The highest BCUT2D eigenvalue weighted by Crippen LogP contribution is 2.52. The number of hydrogen-bond donors (Lipinski definition) is 1. The molecular formula is C49H36BN2. The van der Waals surface area contributed by atoms with Gasteiger partial charge in [0, 0.05) is 33.7 Å². The lowest BCUT2D eigenvalue weighted by atomic mass is 9.55. The third kappa shape index (κ3) is 4.88. The molecular weight excluding hydrogens is 627 g/mol. The van der Waals surface area contributed by atoms with Gasteiger partial charge >= 0.3 is 0 Å². The van der Waals surface area contributed by atoms with Crippen LogP contribution in [0, 0.1) is 0 Å². The minimum Gasteiger partial charge on any atom is -0.355 e. The van der Waals surface area contributed by atoms with Crippen LogP contribution in [0.15, 0.2) is 176 Å². The predicted molar refractivity (Wildman–Crippen MR) is 222 cm³/mol. The van der Waals surface area contributed by atoms with E-state index >= 15 is 0 Å². The summed E-state index contributed by atoms with van der Waals surface area (Å²) < 4.78 is 0. The molecule has 0 unspecified atom stereocenters. The van der Waals surface area contributed by atoms with E-state index in [1.165, 1.54) is 83.3 Å². The third-order valence-corrected chi connectivity index (χ3v) is 11.0. The normalized spacial score (nSPS) is 13.5. The van der Waals surface area contributed by atoms with Gasteiger partial charge in [0.2, 0.25) is 0 Å². The molecule has 0 aliphatic carbocycles. The minimum absolute atomic E-state index is 0.130. The van der Waals surface area contributed by atoms with E-state index in [1.54, 1.807) is 0 Å². The summed E-state index contributed by atoms with van der Waals surface area (Å²) in [6.45, 7) is 4.72. The van der Waals surface area contributed by atoms with Gasteiger partial charge in [0.1, 0.15) is 0 Å². The number of hydrogen-bond acceptors (Lipinski definition) is 2. The van der Waals surface area contributed by atoms with Crippen LogP contribution in [0.4, 0.5) is 28.4 Å². The van der Waals surface area contributed by atoms with Crippen molar-refractivity contribution in [3.8, 4) is 33.4 Å². The zero-order valence-corrected chi connectivity index (χ0v) is 29.3. The molecule has 0 amide bonds. The van der Waals surface area contributed by atoms with E-state index < -0.39 is 0 Å². The summed E-state index contributed by atoms with van der Waals surface area (Å²) in [7, 11) is 2.42. The summed E-state index contributed by atoms with van der Waals surface area (Å²) in [5.41, 5.74) is 18.0. The van der Waals surface area contributed by atoms with Gasteiger partial charge in [-0.15, -0.1) is 0 Å². The quantitative estimate of drug-likeness (QED) is 0.184. The second-order valence-corrected chi connectivity index (χ2v) is 14.5. The SMILES string of the molecule is CC1(C)c2ccccc2N2c3cc(-c4ccccc4)cc(-c4cc5ccccc5cc4Nc4ccc(-c5ccccc5)cc4)c3[B]c3cccc1c32. The Morgan fingerprint density at radius 1 is 0.481 bits per heavy atom. The molecule has 0 spiro atoms. The van der Waals surface area contributed by atoms with E-state index in [0.717, 1.165) is 11.4 Å². The Hall–Kier alpha value is -6.32. The number of para-hydroxylation sites is 2. The van der Waals surface area contributed by atoms with E-state index in [9.17, 15) is 0 Å². The topological polar surface area (TPSA) is 15.3 Å². The first-order chi connectivity index (χ1) is 25.5. The number of benzene rings is 8. The third-order valence-electron chi connectivity index (χ3n) is 11.0. The highest BCUT2D eigenvalue weighted by Gasteiger charge is 2.41. The van der Waals surface area contributed by atoms with Crippen LogP contribution in [0.25, 0.3) is 44.2 Å². The van der Waals surface area contributed by atoms with Gasteiger partial charge in [-0.3, -0.25) is 0 Å². The first-order valence-electron chi connectivity index (χ1n) is 18.1. The number of anilines is 5. The van der Waals surface area contributed by atoms with E-state index in [2.05, 4.69) is 207 Å². The number of nitrogens with zero attached hydrogens (tertiary/aromatic N) is 1. The summed E-state index contributed by atoms with van der Waals surface area (Å²) in [5, 5.41) is 6.29. The fourth-order valence-electron chi connectivity index (χ4n) is 8.39. The maximum absolute atomic E-state index is 3.87. The van der Waals surface area contributed by atoms with Crippen molar-refractivity contribution in [2.24, 2.45) is 0 Å². The summed E-state index contributed by atoms with van der Waals surface area (Å²) in [6, 6.07) is 64.1. The number of nitrogens with one attached hydrogen (secondary N) is 1. The highest BCUT2D eigenvalue weighted by atomic mass is 15.2. The van der Waals surface area contributed by atoms with E-state index in [1.807, 2.05) is 0 Å². The van der Waals surface area contributed by atoms with Crippen molar-refractivity contribution in [1.29, 1.82) is 0 Å². The van der Waals surface area contributed by atoms with Crippen molar-refractivity contribution in [3.63, 3.8) is 0 Å². The van der Waals surface area contributed by atoms with Crippen LogP contribution in [-0.2, 0) is 5.41 Å². The molecule has 10 rings (SSSR count). The summed E-state index contributed by atoms with van der Waals surface area (Å²) in [6.07, 6.45) is 0. The molecule has 1 N–H and O–H groups in total. The van der Waals surface area contributed by atoms with Crippen LogP contribution >= 0.6 is 0 Å². The summed E-state index contributed by atoms with van der Waals surface area (Å²) in [4.78, 5) is 2.53. The highest BCUT2D eigenvalue weighted by molar-refractivity contribution is 6.73. The zero-order chi connectivity index (χ0) is 34.8. The molecule has 0 saturated carbocycles. The lowest BCUT2D eigenvalue weighted by Gasteiger charge is -2.46. The number of rotatable bonds is 5. The molecule has 2 heterocycles. The molecule has 8 aromatic carbocycles. The van der Waals surface area contributed by atoms with Crippen LogP contribution in [0.3, 0.4) is 0 Å². The lowest BCUT2D eigenvalue weighted by Crippen LogP contribution is -2.45. The predicted octanol–water partition coefficient (Wildman–Crippen LogP) is 11.7. The molecule has 245 valence electrons. The van der Waals surface area contributed by atoms with Gasteiger partial charge < -0.3 is 10.2 Å². The number of fused-ring (bicyclic) bond motifs is 5. The molecule has 1 radical (unpaired) electrons. The van der Waals surface area contributed by atoms with E-state index in [-0.39, 0.29) is 5.41 Å². The van der Waals surface area contributed by atoms with Crippen molar-refractivity contribution in [2.45, 2.75) is 19.3 Å². The average Bonchev–Trinajstić information content (AvgIpc) is 3.20. The van der Waals surface area contributed by atoms with Gasteiger partial charge in [-0.1, -0.05) is 153 Å². The molecule has 3 heteroatoms. The smallest absolute Gasteiger partial charge is 0.197 e. The van der Waals surface area contributed by atoms with Crippen LogP contribution in [0.1, 0.15) is 25.0 Å². The van der Waals surface area contributed by atoms with Crippen molar-refractivity contribution < 1.29 is 0 Å². The second kappa shape index (κ2) is 11.9. The summed E-state index contributed by atoms with van der Waals surface area (Å²) in [5.74, 6) is 0. The fourth-order valence-corrected chi connectivity index (χ4v) is 8.39. The van der Waals surface area contributed by atoms with Gasteiger partial charge in [0.15, 0.2) is 7.28 Å². The van der Waals surface area contributed by atoms with Crippen LogP contribution in [0.5, 0.6) is 0 Å². The van der Waals surface area contributed by atoms with Gasteiger partial charge in [0.25, 0.3) is 0 Å². The van der Waals surface area contributed by atoms with Gasteiger partial charge in [-0.05, 0) is 97.6 Å². The molecule has 0 bridgehead atoms. The van der Waals surface area contributed by atoms with Crippen molar-refractivity contribution >= 4 is 57.4 Å². The van der Waals surface area contributed by atoms with Gasteiger partial charge in [0.05, 0.1) is 5.69 Å². The maximum Gasteiger partial charge on any atom is 0.197 e.